The van der Waals surface area contributed by atoms with Crippen molar-refractivity contribution in [2.45, 2.75) is 39.7 Å². The van der Waals surface area contributed by atoms with Gasteiger partial charge in [-0.2, -0.15) is 0 Å². The molecule has 1 fully saturated rings. The van der Waals surface area contributed by atoms with Gasteiger partial charge in [0.05, 0.1) is 0 Å². The van der Waals surface area contributed by atoms with Crippen molar-refractivity contribution in [3.05, 3.63) is 28.2 Å². The molecule has 0 bridgehead atoms. The predicted octanol–water partition coefficient (Wildman–Crippen LogP) is 2.89. The summed E-state index contributed by atoms with van der Waals surface area (Å²) in [5.74, 6) is -0.00448. The molecule has 0 aromatic heterocycles. The van der Waals surface area contributed by atoms with Crippen LogP contribution < -0.4 is 10.2 Å². The summed E-state index contributed by atoms with van der Waals surface area (Å²) in [4.78, 5) is 26.4. The minimum atomic E-state index is -0.451. The lowest BCUT2D eigenvalue weighted by atomic mass is 10.0. The summed E-state index contributed by atoms with van der Waals surface area (Å²) < 4.78 is 1.000. The number of carbonyl (C=O) groups excluding carboxylic acids is 2. The SMILES string of the molecule is CCc1cc(Br)ccc1N1CCC(=O)NC(C(C)C)C1=O. The molecule has 1 saturated heterocycles. The second-order valence-electron chi connectivity index (χ2n) is 5.66. The molecule has 21 heavy (non-hydrogen) atoms. The Morgan fingerprint density at radius 3 is 2.71 bits per heavy atom. The van der Waals surface area contributed by atoms with Crippen LogP contribution in [0.15, 0.2) is 22.7 Å². The number of carbonyl (C=O) groups is 2. The van der Waals surface area contributed by atoms with E-state index in [0.29, 0.717) is 13.0 Å². The summed E-state index contributed by atoms with van der Waals surface area (Å²) in [6.07, 6.45) is 1.18. The number of rotatable bonds is 3. The number of nitrogens with one attached hydrogen (secondary N) is 1. The van der Waals surface area contributed by atoms with Crippen molar-refractivity contribution in [3.63, 3.8) is 0 Å². The fourth-order valence-electron chi connectivity index (χ4n) is 2.59. The van der Waals surface area contributed by atoms with Crippen molar-refractivity contribution in [1.29, 1.82) is 0 Å². The first-order valence-corrected chi connectivity index (χ1v) is 8.12. The molecule has 5 heteroatoms. The smallest absolute Gasteiger partial charge is 0.249 e. The van der Waals surface area contributed by atoms with E-state index in [9.17, 15) is 9.59 Å². The largest absolute Gasteiger partial charge is 0.344 e. The van der Waals surface area contributed by atoms with Crippen LogP contribution in [0.25, 0.3) is 0 Å². The first-order valence-electron chi connectivity index (χ1n) is 7.33. The van der Waals surface area contributed by atoms with Crippen LogP contribution in [0.5, 0.6) is 0 Å². The van der Waals surface area contributed by atoms with Crippen molar-refractivity contribution < 1.29 is 9.59 Å². The summed E-state index contributed by atoms with van der Waals surface area (Å²) >= 11 is 3.47. The zero-order valence-electron chi connectivity index (χ0n) is 12.6. The van der Waals surface area contributed by atoms with E-state index in [1.54, 1.807) is 4.90 Å². The van der Waals surface area contributed by atoms with Gasteiger partial charge in [-0.1, -0.05) is 36.7 Å². The Morgan fingerprint density at radius 1 is 1.38 bits per heavy atom. The zero-order chi connectivity index (χ0) is 15.6. The normalized spacial score (nSPS) is 19.7. The number of amides is 2. The molecule has 2 amide bonds. The molecule has 1 N–H and O–H groups in total. The zero-order valence-corrected chi connectivity index (χ0v) is 14.2. The van der Waals surface area contributed by atoms with Crippen molar-refractivity contribution in [1.82, 2.24) is 5.32 Å². The molecule has 1 aromatic carbocycles. The molecule has 1 aromatic rings. The van der Waals surface area contributed by atoms with Crippen molar-refractivity contribution in [2.24, 2.45) is 5.92 Å². The van der Waals surface area contributed by atoms with Gasteiger partial charge in [-0.15, -0.1) is 0 Å². The number of benzene rings is 1. The molecule has 114 valence electrons. The standard InChI is InChI=1S/C16H21BrN2O2/c1-4-11-9-12(17)5-6-13(11)19-8-7-14(20)18-15(10(2)3)16(19)21/h5-6,9-10,15H,4,7-8H2,1-3H3,(H,18,20). The van der Waals surface area contributed by atoms with Crippen LogP contribution in [0.2, 0.25) is 0 Å². The molecule has 4 nitrogen and oxygen atoms in total. The van der Waals surface area contributed by atoms with Crippen molar-refractivity contribution in [2.75, 3.05) is 11.4 Å². The lowest BCUT2D eigenvalue weighted by Crippen LogP contribution is -2.48. The average molecular weight is 353 g/mol. The number of nitrogens with zero attached hydrogens (tertiary/aromatic N) is 1. The molecule has 0 saturated carbocycles. The molecular weight excluding hydrogens is 332 g/mol. The van der Waals surface area contributed by atoms with Gasteiger partial charge in [0.25, 0.3) is 0 Å². The minimum Gasteiger partial charge on any atom is -0.344 e. The van der Waals surface area contributed by atoms with E-state index in [1.807, 2.05) is 32.0 Å². The number of hydrogen-bond donors (Lipinski definition) is 1. The monoisotopic (exact) mass is 352 g/mol. The van der Waals surface area contributed by atoms with Gasteiger partial charge < -0.3 is 10.2 Å². The Bertz CT molecular complexity index is 557. The highest BCUT2D eigenvalue weighted by molar-refractivity contribution is 9.10. The van der Waals surface area contributed by atoms with Gasteiger partial charge in [0.15, 0.2) is 0 Å². The van der Waals surface area contributed by atoms with Gasteiger partial charge in [-0.3, -0.25) is 9.59 Å². The number of aryl methyl sites for hydroxylation is 1. The molecule has 1 aliphatic rings. The maximum atomic E-state index is 12.8. The van der Waals surface area contributed by atoms with Crippen LogP contribution in [0.4, 0.5) is 5.69 Å². The first kappa shape index (κ1) is 16.0. The van der Waals surface area contributed by atoms with Crippen LogP contribution in [0, 0.1) is 5.92 Å². The van der Waals surface area contributed by atoms with Crippen LogP contribution in [-0.4, -0.2) is 24.4 Å². The molecule has 1 aliphatic heterocycles. The molecular formula is C16H21BrN2O2. The maximum absolute atomic E-state index is 12.8. The predicted molar refractivity (Wildman–Crippen MR) is 87.3 cm³/mol. The van der Waals surface area contributed by atoms with Crippen molar-refractivity contribution in [3.8, 4) is 0 Å². The summed E-state index contributed by atoms with van der Waals surface area (Å²) in [6.45, 7) is 6.41. The van der Waals surface area contributed by atoms with E-state index in [0.717, 1.165) is 22.1 Å². The van der Waals surface area contributed by atoms with Gasteiger partial charge in [0.1, 0.15) is 6.04 Å². The molecule has 0 spiro atoms. The molecule has 1 heterocycles. The van der Waals surface area contributed by atoms with E-state index >= 15 is 0 Å². The highest BCUT2D eigenvalue weighted by Crippen LogP contribution is 2.27. The first-order chi connectivity index (χ1) is 9.93. The van der Waals surface area contributed by atoms with Crippen LogP contribution in [0.3, 0.4) is 0 Å². The lowest BCUT2D eigenvalue weighted by Gasteiger charge is -2.27. The van der Waals surface area contributed by atoms with Gasteiger partial charge >= 0.3 is 0 Å². The van der Waals surface area contributed by atoms with Crippen LogP contribution in [-0.2, 0) is 16.0 Å². The number of hydrogen-bond acceptors (Lipinski definition) is 2. The van der Waals surface area contributed by atoms with Crippen LogP contribution in [0.1, 0.15) is 32.8 Å². The molecule has 0 aliphatic carbocycles. The van der Waals surface area contributed by atoms with E-state index in [1.165, 1.54) is 0 Å². The summed E-state index contributed by atoms with van der Waals surface area (Å²) in [6, 6.07) is 5.47. The lowest BCUT2D eigenvalue weighted by molar-refractivity contribution is -0.126. The molecule has 1 unspecified atom stereocenters. The van der Waals surface area contributed by atoms with Gasteiger partial charge in [0, 0.05) is 23.1 Å². The maximum Gasteiger partial charge on any atom is 0.249 e. The average Bonchev–Trinajstić information content (AvgIpc) is 2.59. The van der Waals surface area contributed by atoms with Gasteiger partial charge in [0.2, 0.25) is 11.8 Å². The van der Waals surface area contributed by atoms with Crippen LogP contribution >= 0.6 is 15.9 Å². The second kappa shape index (κ2) is 6.60. The Hall–Kier alpha value is -1.36. The number of halogens is 1. The van der Waals surface area contributed by atoms with E-state index < -0.39 is 6.04 Å². The highest BCUT2D eigenvalue weighted by Gasteiger charge is 2.33. The fraction of sp³-hybridized carbons (Fsp3) is 0.500. The van der Waals surface area contributed by atoms with E-state index in [-0.39, 0.29) is 17.7 Å². The highest BCUT2D eigenvalue weighted by atomic mass is 79.9. The third-order valence-corrected chi connectivity index (χ3v) is 4.28. The van der Waals surface area contributed by atoms with E-state index in [2.05, 4.69) is 28.2 Å². The topological polar surface area (TPSA) is 49.4 Å². The minimum absolute atomic E-state index is 0.0205. The van der Waals surface area contributed by atoms with Gasteiger partial charge in [-0.05, 0) is 36.1 Å². The molecule has 0 radical (unpaired) electrons. The number of anilines is 1. The third kappa shape index (κ3) is 3.46. The fourth-order valence-corrected chi connectivity index (χ4v) is 3.00. The Labute approximate surface area is 134 Å². The quantitative estimate of drug-likeness (QED) is 0.909. The molecule has 1 atom stereocenters. The molecule has 2 rings (SSSR count). The second-order valence-corrected chi connectivity index (χ2v) is 6.57. The van der Waals surface area contributed by atoms with Crippen molar-refractivity contribution >= 4 is 33.4 Å². The third-order valence-electron chi connectivity index (χ3n) is 3.79. The van der Waals surface area contributed by atoms with Gasteiger partial charge in [-0.25, -0.2) is 0 Å². The summed E-state index contributed by atoms with van der Waals surface area (Å²) in [5, 5.41) is 2.84. The Morgan fingerprint density at radius 2 is 2.10 bits per heavy atom. The Balaban J connectivity index is 2.41. The summed E-state index contributed by atoms with van der Waals surface area (Å²) in [7, 11) is 0. The summed E-state index contributed by atoms with van der Waals surface area (Å²) in [5.41, 5.74) is 2.02. The Kier molecular flexibility index (Phi) is 5.04. The van der Waals surface area contributed by atoms with E-state index in [4.69, 9.17) is 0 Å².